The minimum absolute atomic E-state index is 0.186. The van der Waals surface area contributed by atoms with E-state index in [0.29, 0.717) is 28.6 Å². The maximum absolute atomic E-state index is 12.6. The minimum Gasteiger partial charge on any atom is -0.497 e. The summed E-state index contributed by atoms with van der Waals surface area (Å²) in [7, 11) is 1.60. The molecule has 0 saturated heterocycles. The maximum Gasteiger partial charge on any atom is 0.259 e. The second-order valence-electron chi connectivity index (χ2n) is 6.90. The molecule has 134 valence electrons. The maximum atomic E-state index is 12.6. The first-order valence-corrected chi connectivity index (χ1v) is 8.27. The zero-order valence-electron chi connectivity index (χ0n) is 15.2. The fourth-order valence-corrected chi connectivity index (χ4v) is 2.49. The molecule has 0 saturated carbocycles. The molecule has 0 unspecified atom stereocenters. The van der Waals surface area contributed by atoms with Gasteiger partial charge in [-0.2, -0.15) is 4.98 Å². The van der Waals surface area contributed by atoms with Crippen LogP contribution in [0.3, 0.4) is 0 Å². The lowest BCUT2D eigenvalue weighted by molar-refractivity contribution is 0.0920. The van der Waals surface area contributed by atoms with E-state index in [4.69, 9.17) is 9.26 Å². The molecule has 3 aromatic rings. The Labute approximate surface area is 152 Å². The van der Waals surface area contributed by atoms with Gasteiger partial charge < -0.3 is 14.6 Å². The Balaban J connectivity index is 1.96. The standard InChI is InChI=1S/C20H21N3O3/c1-20(2,3)22-18(24)15-10-5-6-11-16(15)19-21-17(23-26-19)13-8-7-9-14(12-13)25-4/h5-12H,1-4H3,(H,22,24). The molecule has 0 aliphatic heterocycles. The van der Waals surface area contributed by atoms with E-state index < -0.39 is 0 Å². The van der Waals surface area contributed by atoms with Crippen LogP contribution in [0.5, 0.6) is 5.75 Å². The summed E-state index contributed by atoms with van der Waals surface area (Å²) in [6.45, 7) is 5.79. The third kappa shape index (κ3) is 3.91. The van der Waals surface area contributed by atoms with Gasteiger partial charge in [0, 0.05) is 11.1 Å². The first kappa shape index (κ1) is 17.7. The Kier molecular flexibility index (Phi) is 4.75. The van der Waals surface area contributed by atoms with Gasteiger partial charge in [-0.1, -0.05) is 29.4 Å². The summed E-state index contributed by atoms with van der Waals surface area (Å²) >= 11 is 0. The lowest BCUT2D eigenvalue weighted by atomic mass is 10.0. The summed E-state index contributed by atoms with van der Waals surface area (Å²) in [5.74, 6) is 1.25. The molecule has 0 fully saturated rings. The first-order valence-electron chi connectivity index (χ1n) is 8.27. The Hall–Kier alpha value is -3.15. The molecule has 1 aromatic heterocycles. The van der Waals surface area contributed by atoms with E-state index >= 15 is 0 Å². The van der Waals surface area contributed by atoms with Gasteiger partial charge in [0.1, 0.15) is 5.75 Å². The molecule has 1 N–H and O–H groups in total. The highest BCUT2D eigenvalue weighted by atomic mass is 16.5. The van der Waals surface area contributed by atoms with E-state index in [2.05, 4.69) is 15.5 Å². The number of hydrogen-bond acceptors (Lipinski definition) is 5. The van der Waals surface area contributed by atoms with Crippen molar-refractivity contribution >= 4 is 5.91 Å². The number of ether oxygens (including phenoxy) is 1. The molecule has 0 atom stereocenters. The quantitative estimate of drug-likeness (QED) is 0.770. The zero-order chi connectivity index (χ0) is 18.7. The van der Waals surface area contributed by atoms with Gasteiger partial charge in [-0.25, -0.2) is 0 Å². The van der Waals surface area contributed by atoms with Crippen LogP contribution in [0.15, 0.2) is 53.1 Å². The molecule has 0 radical (unpaired) electrons. The van der Waals surface area contributed by atoms with Crippen LogP contribution in [0.25, 0.3) is 22.8 Å². The van der Waals surface area contributed by atoms with Crippen LogP contribution >= 0.6 is 0 Å². The van der Waals surface area contributed by atoms with Gasteiger partial charge in [-0.15, -0.1) is 0 Å². The number of carbonyl (C=O) groups is 1. The summed E-state index contributed by atoms with van der Waals surface area (Å²) in [6, 6.07) is 14.6. The van der Waals surface area contributed by atoms with Gasteiger partial charge >= 0.3 is 0 Å². The molecule has 0 bridgehead atoms. The van der Waals surface area contributed by atoms with E-state index in [-0.39, 0.29) is 11.4 Å². The van der Waals surface area contributed by atoms with Gasteiger partial charge in [0.25, 0.3) is 11.8 Å². The number of nitrogens with zero attached hydrogens (tertiary/aromatic N) is 2. The van der Waals surface area contributed by atoms with E-state index in [9.17, 15) is 4.79 Å². The fraction of sp³-hybridized carbons (Fsp3) is 0.250. The number of carbonyl (C=O) groups excluding carboxylic acids is 1. The van der Waals surface area contributed by atoms with Crippen LogP contribution in [-0.2, 0) is 0 Å². The number of amides is 1. The molecule has 6 heteroatoms. The van der Waals surface area contributed by atoms with Crippen molar-refractivity contribution < 1.29 is 14.1 Å². The molecule has 26 heavy (non-hydrogen) atoms. The monoisotopic (exact) mass is 351 g/mol. The molecule has 2 aromatic carbocycles. The van der Waals surface area contributed by atoms with Gasteiger partial charge in [-0.3, -0.25) is 4.79 Å². The average Bonchev–Trinajstić information content (AvgIpc) is 3.10. The van der Waals surface area contributed by atoms with Crippen LogP contribution in [0, 0.1) is 0 Å². The van der Waals surface area contributed by atoms with Crippen molar-refractivity contribution in [2.75, 3.05) is 7.11 Å². The van der Waals surface area contributed by atoms with Crippen LogP contribution in [-0.4, -0.2) is 28.7 Å². The van der Waals surface area contributed by atoms with Crippen LogP contribution in [0.2, 0.25) is 0 Å². The molecule has 1 amide bonds. The van der Waals surface area contributed by atoms with E-state index in [1.54, 1.807) is 25.3 Å². The number of benzene rings is 2. The van der Waals surface area contributed by atoms with Gasteiger partial charge in [-0.05, 0) is 45.0 Å². The number of aromatic nitrogens is 2. The SMILES string of the molecule is COc1cccc(-c2noc(-c3ccccc3C(=O)NC(C)(C)C)n2)c1. The van der Waals surface area contributed by atoms with Crippen LogP contribution in [0.1, 0.15) is 31.1 Å². The molecule has 0 aliphatic rings. The van der Waals surface area contributed by atoms with Crippen molar-refractivity contribution in [3.8, 4) is 28.6 Å². The molecule has 6 nitrogen and oxygen atoms in total. The van der Waals surface area contributed by atoms with Crippen molar-refractivity contribution in [1.82, 2.24) is 15.5 Å². The van der Waals surface area contributed by atoms with Crippen molar-refractivity contribution in [3.63, 3.8) is 0 Å². The second-order valence-corrected chi connectivity index (χ2v) is 6.90. The summed E-state index contributed by atoms with van der Waals surface area (Å²) in [4.78, 5) is 17.0. The lowest BCUT2D eigenvalue weighted by Gasteiger charge is -2.21. The topological polar surface area (TPSA) is 77.2 Å². The highest BCUT2D eigenvalue weighted by Crippen LogP contribution is 2.27. The predicted octanol–water partition coefficient (Wildman–Crippen LogP) is 3.94. The number of hydrogen-bond donors (Lipinski definition) is 1. The summed E-state index contributed by atoms with van der Waals surface area (Å²) in [6.07, 6.45) is 0. The highest BCUT2D eigenvalue weighted by Gasteiger charge is 2.21. The Morgan fingerprint density at radius 3 is 2.62 bits per heavy atom. The number of nitrogens with one attached hydrogen (secondary N) is 1. The van der Waals surface area contributed by atoms with Crippen molar-refractivity contribution in [2.24, 2.45) is 0 Å². The Bertz CT molecular complexity index is 926. The van der Waals surface area contributed by atoms with E-state index in [1.807, 2.05) is 51.1 Å². The van der Waals surface area contributed by atoms with E-state index in [0.717, 1.165) is 5.56 Å². The highest BCUT2D eigenvalue weighted by molar-refractivity contribution is 6.00. The van der Waals surface area contributed by atoms with Crippen molar-refractivity contribution in [2.45, 2.75) is 26.3 Å². The summed E-state index contributed by atoms with van der Waals surface area (Å²) < 4.78 is 10.6. The number of rotatable bonds is 4. The number of methoxy groups -OCH3 is 1. The van der Waals surface area contributed by atoms with E-state index in [1.165, 1.54) is 0 Å². The molecular weight excluding hydrogens is 330 g/mol. The van der Waals surface area contributed by atoms with Crippen molar-refractivity contribution in [1.29, 1.82) is 0 Å². The molecule has 3 rings (SSSR count). The van der Waals surface area contributed by atoms with Gasteiger partial charge in [0.2, 0.25) is 5.82 Å². The first-order chi connectivity index (χ1) is 12.4. The average molecular weight is 351 g/mol. The summed E-state index contributed by atoms with van der Waals surface area (Å²) in [5, 5.41) is 6.99. The molecule has 0 aliphatic carbocycles. The fourth-order valence-electron chi connectivity index (χ4n) is 2.49. The minimum atomic E-state index is -0.342. The molecule has 1 heterocycles. The second kappa shape index (κ2) is 7.00. The van der Waals surface area contributed by atoms with Gasteiger partial charge in [0.05, 0.1) is 18.2 Å². The summed E-state index contributed by atoms with van der Waals surface area (Å²) in [5.41, 5.74) is 1.51. The normalized spacial score (nSPS) is 11.2. The smallest absolute Gasteiger partial charge is 0.259 e. The lowest BCUT2D eigenvalue weighted by Crippen LogP contribution is -2.40. The van der Waals surface area contributed by atoms with Crippen molar-refractivity contribution in [3.05, 3.63) is 54.1 Å². The zero-order valence-corrected chi connectivity index (χ0v) is 15.2. The Morgan fingerprint density at radius 2 is 1.88 bits per heavy atom. The third-order valence-corrected chi connectivity index (χ3v) is 3.64. The largest absolute Gasteiger partial charge is 0.497 e. The predicted molar refractivity (Wildman–Crippen MR) is 98.9 cm³/mol. The molecule has 0 spiro atoms. The van der Waals surface area contributed by atoms with Crippen LogP contribution < -0.4 is 10.1 Å². The van der Waals surface area contributed by atoms with Gasteiger partial charge in [0.15, 0.2) is 0 Å². The Morgan fingerprint density at radius 1 is 1.12 bits per heavy atom. The third-order valence-electron chi connectivity index (χ3n) is 3.64. The van der Waals surface area contributed by atoms with Crippen LogP contribution in [0.4, 0.5) is 0 Å². The molecular formula is C20H21N3O3.